The van der Waals surface area contributed by atoms with Crippen LogP contribution in [0.4, 0.5) is 0 Å². The van der Waals surface area contributed by atoms with Crippen molar-refractivity contribution in [1.82, 2.24) is 0 Å². The Bertz CT molecular complexity index is 497. The first-order valence-corrected chi connectivity index (χ1v) is 5.07. The third-order valence-corrected chi connectivity index (χ3v) is 2.57. The van der Waals surface area contributed by atoms with Crippen LogP contribution in [0.3, 0.4) is 0 Å². The molecule has 15 heavy (non-hydrogen) atoms. The maximum Gasteiger partial charge on any atom is 0.134 e. The zero-order valence-electron chi connectivity index (χ0n) is 8.46. The van der Waals surface area contributed by atoms with E-state index in [-0.39, 0.29) is 0 Å². The second-order valence-electron chi connectivity index (χ2n) is 3.35. The van der Waals surface area contributed by atoms with Crippen LogP contribution in [-0.4, -0.2) is 0 Å². The van der Waals surface area contributed by atoms with Gasteiger partial charge in [-0.25, -0.2) is 0 Å². The van der Waals surface area contributed by atoms with Crippen LogP contribution in [0.25, 0.3) is 17.4 Å². The number of benzene rings is 1. The fourth-order valence-electron chi connectivity index (χ4n) is 1.44. The summed E-state index contributed by atoms with van der Waals surface area (Å²) >= 11 is 6.07. The van der Waals surface area contributed by atoms with Gasteiger partial charge in [-0.1, -0.05) is 36.4 Å². The van der Waals surface area contributed by atoms with Gasteiger partial charge in [0.1, 0.15) is 11.5 Å². The summed E-state index contributed by atoms with van der Waals surface area (Å²) in [5.41, 5.74) is 1.92. The first-order valence-electron chi connectivity index (χ1n) is 4.69. The monoisotopic (exact) mass is 218 g/mol. The lowest BCUT2D eigenvalue weighted by molar-refractivity contribution is 0.548. The summed E-state index contributed by atoms with van der Waals surface area (Å²) in [6.07, 6.45) is 1.74. The minimum absolute atomic E-state index is 0.691. The minimum Gasteiger partial charge on any atom is -0.461 e. The molecule has 0 N–H and O–H groups in total. The van der Waals surface area contributed by atoms with Crippen molar-refractivity contribution < 1.29 is 4.42 Å². The summed E-state index contributed by atoms with van der Waals surface area (Å²) in [6, 6.07) is 9.67. The van der Waals surface area contributed by atoms with Crippen molar-refractivity contribution in [2.75, 3.05) is 0 Å². The zero-order valence-corrected chi connectivity index (χ0v) is 9.21. The molecule has 0 aliphatic heterocycles. The van der Waals surface area contributed by atoms with Gasteiger partial charge in [0.25, 0.3) is 0 Å². The van der Waals surface area contributed by atoms with Crippen LogP contribution in [0.5, 0.6) is 0 Å². The quantitative estimate of drug-likeness (QED) is 0.721. The van der Waals surface area contributed by atoms with Crippen molar-refractivity contribution in [1.29, 1.82) is 0 Å². The number of halogens is 1. The topological polar surface area (TPSA) is 13.1 Å². The molecule has 0 fully saturated rings. The summed E-state index contributed by atoms with van der Waals surface area (Å²) in [5, 5.41) is 0.691. The van der Waals surface area contributed by atoms with Crippen LogP contribution in [0.1, 0.15) is 11.3 Å². The van der Waals surface area contributed by atoms with E-state index < -0.39 is 0 Å². The van der Waals surface area contributed by atoms with Crippen LogP contribution < -0.4 is 0 Å². The Labute approximate surface area is 94.0 Å². The van der Waals surface area contributed by atoms with E-state index in [0.29, 0.717) is 5.02 Å². The number of furan rings is 1. The normalized spacial score (nSPS) is 10.3. The average Bonchev–Trinajstić information content (AvgIpc) is 2.65. The van der Waals surface area contributed by atoms with Gasteiger partial charge in [0.2, 0.25) is 0 Å². The van der Waals surface area contributed by atoms with Crippen molar-refractivity contribution in [3.05, 3.63) is 53.3 Å². The van der Waals surface area contributed by atoms with E-state index in [0.717, 1.165) is 22.6 Å². The summed E-state index contributed by atoms with van der Waals surface area (Å²) in [7, 11) is 0. The van der Waals surface area contributed by atoms with Crippen LogP contribution in [0.15, 0.2) is 41.3 Å². The highest BCUT2D eigenvalue weighted by Gasteiger charge is 2.04. The SMILES string of the molecule is C=Cc1ccc(-c2ccc(C)o2)cc1Cl. The fraction of sp³-hybridized carbons (Fsp3) is 0.0769. The van der Waals surface area contributed by atoms with Crippen LogP contribution in [0, 0.1) is 6.92 Å². The minimum atomic E-state index is 0.691. The second-order valence-corrected chi connectivity index (χ2v) is 3.76. The maximum atomic E-state index is 6.07. The van der Waals surface area contributed by atoms with E-state index in [1.165, 1.54) is 0 Å². The molecule has 2 heteroatoms. The number of aryl methyl sites for hydroxylation is 1. The molecule has 1 aromatic heterocycles. The molecule has 1 heterocycles. The van der Waals surface area contributed by atoms with Crippen molar-refractivity contribution in [3.63, 3.8) is 0 Å². The molecule has 2 aromatic rings. The summed E-state index contributed by atoms with van der Waals surface area (Å²) in [5.74, 6) is 1.74. The Morgan fingerprint density at radius 3 is 2.60 bits per heavy atom. The van der Waals surface area contributed by atoms with Crippen LogP contribution in [0.2, 0.25) is 5.02 Å². The smallest absolute Gasteiger partial charge is 0.134 e. The molecule has 0 radical (unpaired) electrons. The van der Waals surface area contributed by atoms with Gasteiger partial charge < -0.3 is 4.42 Å². The Kier molecular flexibility index (Phi) is 2.65. The van der Waals surface area contributed by atoms with E-state index in [4.69, 9.17) is 16.0 Å². The highest BCUT2D eigenvalue weighted by Crippen LogP contribution is 2.27. The van der Waals surface area contributed by atoms with Crippen molar-refractivity contribution >= 4 is 17.7 Å². The van der Waals surface area contributed by atoms with E-state index >= 15 is 0 Å². The zero-order chi connectivity index (χ0) is 10.8. The molecule has 0 aliphatic rings. The van der Waals surface area contributed by atoms with Gasteiger partial charge in [-0.05, 0) is 30.7 Å². The van der Waals surface area contributed by atoms with Gasteiger partial charge in [-0.2, -0.15) is 0 Å². The third-order valence-electron chi connectivity index (χ3n) is 2.25. The molecule has 1 nitrogen and oxygen atoms in total. The van der Waals surface area contributed by atoms with E-state index in [1.54, 1.807) is 6.08 Å². The predicted molar refractivity (Wildman–Crippen MR) is 64.0 cm³/mol. The molecule has 2 rings (SSSR count). The summed E-state index contributed by atoms with van der Waals surface area (Å²) < 4.78 is 5.51. The Morgan fingerprint density at radius 2 is 2.07 bits per heavy atom. The molecule has 0 aliphatic carbocycles. The Hall–Kier alpha value is -1.47. The molecule has 0 bridgehead atoms. The highest BCUT2D eigenvalue weighted by molar-refractivity contribution is 6.32. The average molecular weight is 219 g/mol. The van der Waals surface area contributed by atoms with Crippen molar-refractivity contribution in [2.24, 2.45) is 0 Å². The van der Waals surface area contributed by atoms with E-state index in [2.05, 4.69) is 6.58 Å². The van der Waals surface area contributed by atoms with Crippen molar-refractivity contribution in [3.8, 4) is 11.3 Å². The molecule has 0 amide bonds. The lowest BCUT2D eigenvalue weighted by Crippen LogP contribution is -1.78. The van der Waals surface area contributed by atoms with Crippen LogP contribution >= 0.6 is 11.6 Å². The lowest BCUT2D eigenvalue weighted by Gasteiger charge is -2.01. The van der Waals surface area contributed by atoms with Crippen LogP contribution in [-0.2, 0) is 0 Å². The number of hydrogen-bond acceptors (Lipinski definition) is 1. The molecule has 1 aromatic carbocycles. The standard InChI is InChI=1S/C13H11ClO/c1-3-10-5-6-11(8-12(10)14)13-7-4-9(2)15-13/h3-8H,1H2,2H3. The Morgan fingerprint density at radius 1 is 1.27 bits per heavy atom. The van der Waals surface area contributed by atoms with Gasteiger partial charge in [0, 0.05) is 10.6 Å². The molecule has 0 unspecified atom stereocenters. The maximum absolute atomic E-state index is 6.07. The highest BCUT2D eigenvalue weighted by atomic mass is 35.5. The Balaban J connectivity index is 2.46. The molecule has 0 saturated carbocycles. The molecular formula is C13H11ClO. The first-order chi connectivity index (χ1) is 7.20. The lowest BCUT2D eigenvalue weighted by atomic mass is 10.1. The first kappa shape index (κ1) is 10.1. The van der Waals surface area contributed by atoms with Gasteiger partial charge >= 0.3 is 0 Å². The summed E-state index contributed by atoms with van der Waals surface area (Å²) in [6.45, 7) is 5.61. The van der Waals surface area contributed by atoms with E-state index in [9.17, 15) is 0 Å². The molecule has 0 spiro atoms. The third kappa shape index (κ3) is 1.97. The second kappa shape index (κ2) is 3.95. The molecular weight excluding hydrogens is 208 g/mol. The molecule has 0 atom stereocenters. The van der Waals surface area contributed by atoms with E-state index in [1.807, 2.05) is 37.3 Å². The van der Waals surface area contributed by atoms with Gasteiger partial charge in [-0.15, -0.1) is 0 Å². The predicted octanol–water partition coefficient (Wildman–Crippen LogP) is 4.55. The van der Waals surface area contributed by atoms with Gasteiger partial charge in [0.15, 0.2) is 0 Å². The molecule has 0 saturated heterocycles. The largest absolute Gasteiger partial charge is 0.461 e. The summed E-state index contributed by atoms with van der Waals surface area (Å²) in [4.78, 5) is 0. The van der Waals surface area contributed by atoms with Gasteiger partial charge in [-0.3, -0.25) is 0 Å². The molecule has 76 valence electrons. The number of rotatable bonds is 2. The van der Waals surface area contributed by atoms with Gasteiger partial charge in [0.05, 0.1) is 0 Å². The van der Waals surface area contributed by atoms with Crippen molar-refractivity contribution in [2.45, 2.75) is 6.92 Å². The fourth-order valence-corrected chi connectivity index (χ4v) is 1.69. The number of hydrogen-bond donors (Lipinski definition) is 0.